The first-order chi connectivity index (χ1) is 4.80. The van der Waals surface area contributed by atoms with Crippen LogP contribution in [0.15, 0.2) is 0 Å². The second kappa shape index (κ2) is 3.43. The van der Waals surface area contributed by atoms with E-state index in [2.05, 4.69) is 0 Å². The van der Waals surface area contributed by atoms with Gasteiger partial charge in [0.2, 0.25) is 27.2 Å². The van der Waals surface area contributed by atoms with Crippen LogP contribution in [0, 0.1) is 5.41 Å². The van der Waals surface area contributed by atoms with Crippen molar-refractivity contribution in [1.82, 2.24) is 0 Å². The molecule has 0 radical (unpaired) electrons. The monoisotopic (exact) mass is 207 g/mol. The lowest BCUT2D eigenvalue weighted by Gasteiger charge is -2.08. The summed E-state index contributed by atoms with van der Waals surface area (Å²) in [5.74, 6) is 0. The number of hydrogen-bond donors (Lipinski definition) is 3. The van der Waals surface area contributed by atoms with Gasteiger partial charge in [0.05, 0.1) is 0 Å². The average molecular weight is 207 g/mol. The quantitative estimate of drug-likeness (QED) is 0.337. The van der Waals surface area contributed by atoms with Gasteiger partial charge in [-0.05, 0) is 0 Å². The number of alkyl halides is 2. The van der Waals surface area contributed by atoms with Gasteiger partial charge < -0.3 is 9.11 Å². The summed E-state index contributed by atoms with van der Waals surface area (Å²) in [7, 11) is 0. The van der Waals surface area contributed by atoms with Crippen LogP contribution in [0.1, 0.15) is 0 Å². The molecule has 0 aromatic carbocycles. The van der Waals surface area contributed by atoms with Crippen molar-refractivity contribution in [2.45, 2.75) is 5.25 Å². The van der Waals surface area contributed by atoms with Gasteiger partial charge in [-0.1, -0.05) is 0 Å². The van der Waals surface area contributed by atoms with Crippen LogP contribution in [0.4, 0.5) is 8.78 Å². The maximum atomic E-state index is 12.1. The van der Waals surface area contributed by atoms with Crippen molar-refractivity contribution < 1.29 is 26.3 Å². The smallest absolute Gasteiger partial charge is 0.301 e. The SMILES string of the molecule is N=C(S(=O)O)C(F)(F)S(=O)O. The molecular weight excluding hydrogens is 204 g/mol. The molecule has 0 heterocycles. The van der Waals surface area contributed by atoms with Crippen molar-refractivity contribution in [3.05, 3.63) is 0 Å². The number of rotatable bonds is 2. The minimum Gasteiger partial charge on any atom is -0.301 e. The molecule has 2 atom stereocenters. The summed E-state index contributed by atoms with van der Waals surface area (Å²) in [6, 6.07) is 0. The molecule has 3 N–H and O–H groups in total. The summed E-state index contributed by atoms with van der Waals surface area (Å²) in [5.41, 5.74) is 0. The van der Waals surface area contributed by atoms with E-state index in [1.165, 1.54) is 0 Å². The lowest BCUT2D eigenvalue weighted by molar-refractivity contribution is 0.168. The zero-order valence-corrected chi connectivity index (χ0v) is 6.42. The first-order valence-electron chi connectivity index (χ1n) is 1.98. The fraction of sp³-hybridized carbons (Fsp3) is 0.500. The van der Waals surface area contributed by atoms with Gasteiger partial charge in [0.1, 0.15) is 0 Å². The Kier molecular flexibility index (Phi) is 3.35. The zero-order chi connectivity index (χ0) is 9.23. The van der Waals surface area contributed by atoms with Crippen molar-refractivity contribution in [2.24, 2.45) is 0 Å². The van der Waals surface area contributed by atoms with Crippen molar-refractivity contribution in [1.29, 1.82) is 5.41 Å². The zero-order valence-electron chi connectivity index (χ0n) is 4.78. The van der Waals surface area contributed by atoms with Gasteiger partial charge in [0.15, 0.2) is 0 Å². The molecule has 0 saturated carbocycles. The van der Waals surface area contributed by atoms with E-state index >= 15 is 0 Å². The second-order valence-electron chi connectivity index (χ2n) is 1.34. The molecule has 9 heteroatoms. The third-order valence-corrected chi connectivity index (χ3v) is 2.04. The van der Waals surface area contributed by atoms with E-state index in [4.69, 9.17) is 14.5 Å². The Morgan fingerprint density at radius 3 is 1.82 bits per heavy atom. The molecule has 0 saturated heterocycles. The Balaban J connectivity index is 4.70. The van der Waals surface area contributed by atoms with Gasteiger partial charge in [-0.3, -0.25) is 5.41 Å². The standard InChI is InChI=1S/C2H3F2NO4S2/c3-2(4,11(8)9)1(5)10(6)7/h5H,(H,6,7)(H,8,9). The highest BCUT2D eigenvalue weighted by Gasteiger charge is 2.45. The maximum Gasteiger partial charge on any atom is 0.396 e. The Hall–Kier alpha value is -0.250. The minimum absolute atomic E-state index is 1.99. The molecule has 0 aromatic heterocycles. The summed E-state index contributed by atoms with van der Waals surface area (Å²) < 4.78 is 59.4. The highest BCUT2D eigenvalue weighted by Crippen LogP contribution is 2.19. The van der Waals surface area contributed by atoms with Gasteiger partial charge in [-0.2, -0.15) is 8.78 Å². The number of halogens is 2. The Labute approximate surface area is 64.9 Å². The fourth-order valence-electron chi connectivity index (χ4n) is 0.181. The van der Waals surface area contributed by atoms with Crippen LogP contribution < -0.4 is 0 Å². The van der Waals surface area contributed by atoms with E-state index < -0.39 is 32.5 Å². The molecule has 0 aliphatic carbocycles. The molecule has 0 amide bonds. The highest BCUT2D eigenvalue weighted by atomic mass is 32.2. The molecule has 0 spiro atoms. The van der Waals surface area contributed by atoms with E-state index in [0.717, 1.165) is 0 Å². The van der Waals surface area contributed by atoms with Crippen LogP contribution in [-0.4, -0.2) is 27.8 Å². The highest BCUT2D eigenvalue weighted by molar-refractivity contribution is 7.98. The number of hydrogen-bond acceptors (Lipinski definition) is 3. The fourth-order valence-corrected chi connectivity index (χ4v) is 0.971. The third kappa shape index (κ3) is 2.36. The first-order valence-corrected chi connectivity index (χ1v) is 4.20. The van der Waals surface area contributed by atoms with Gasteiger partial charge >= 0.3 is 5.25 Å². The maximum absolute atomic E-state index is 12.1. The predicted molar refractivity (Wildman–Crippen MR) is 34.2 cm³/mol. The molecule has 2 unspecified atom stereocenters. The summed E-state index contributed by atoms with van der Waals surface area (Å²) in [6.07, 6.45) is 0. The van der Waals surface area contributed by atoms with Crippen LogP contribution >= 0.6 is 0 Å². The normalized spacial score (nSPS) is 17.5. The Bertz CT molecular complexity index is 228. The molecular formula is C2H3F2NO4S2. The Morgan fingerprint density at radius 1 is 1.36 bits per heavy atom. The van der Waals surface area contributed by atoms with Crippen LogP contribution in [-0.2, 0) is 22.2 Å². The van der Waals surface area contributed by atoms with Gasteiger partial charge in [-0.15, -0.1) is 0 Å². The van der Waals surface area contributed by atoms with Crippen molar-refractivity contribution in [3.63, 3.8) is 0 Å². The first kappa shape index (κ1) is 10.8. The molecule has 0 aliphatic heterocycles. The van der Waals surface area contributed by atoms with Crippen LogP contribution in [0.25, 0.3) is 0 Å². The molecule has 0 bridgehead atoms. The molecule has 0 aromatic rings. The molecule has 66 valence electrons. The van der Waals surface area contributed by atoms with Crippen LogP contribution in [0.2, 0.25) is 0 Å². The minimum atomic E-state index is -4.46. The molecule has 0 fully saturated rings. The topological polar surface area (TPSA) is 98.5 Å². The number of nitrogens with one attached hydrogen (secondary N) is 1. The van der Waals surface area contributed by atoms with Gasteiger partial charge in [0, 0.05) is 0 Å². The second-order valence-corrected chi connectivity index (χ2v) is 3.26. The molecule has 0 rings (SSSR count). The summed E-state index contributed by atoms with van der Waals surface area (Å²) in [5, 5.41) is -0.223. The van der Waals surface area contributed by atoms with Crippen molar-refractivity contribution >= 4 is 27.2 Å². The van der Waals surface area contributed by atoms with Gasteiger partial charge in [0.25, 0.3) is 0 Å². The van der Waals surface area contributed by atoms with E-state index in [0.29, 0.717) is 0 Å². The van der Waals surface area contributed by atoms with E-state index in [-0.39, 0.29) is 0 Å². The largest absolute Gasteiger partial charge is 0.396 e. The predicted octanol–water partition coefficient (Wildman–Crippen LogP) is -0.000130. The van der Waals surface area contributed by atoms with Crippen molar-refractivity contribution in [2.75, 3.05) is 0 Å². The third-order valence-electron chi connectivity index (χ3n) is 0.658. The molecule has 11 heavy (non-hydrogen) atoms. The summed E-state index contributed by atoms with van der Waals surface area (Å²) >= 11 is -6.86. The van der Waals surface area contributed by atoms with E-state index in [1.54, 1.807) is 0 Å². The lowest BCUT2D eigenvalue weighted by atomic mass is 10.8. The summed E-state index contributed by atoms with van der Waals surface area (Å²) in [4.78, 5) is 0. The average Bonchev–Trinajstić information content (AvgIpc) is 1.85. The Morgan fingerprint density at radius 2 is 1.73 bits per heavy atom. The molecule has 5 nitrogen and oxygen atoms in total. The van der Waals surface area contributed by atoms with E-state index in [9.17, 15) is 17.2 Å². The van der Waals surface area contributed by atoms with E-state index in [1.807, 2.05) is 0 Å². The van der Waals surface area contributed by atoms with Crippen molar-refractivity contribution in [3.8, 4) is 0 Å². The van der Waals surface area contributed by atoms with Crippen LogP contribution in [0.3, 0.4) is 0 Å². The lowest BCUT2D eigenvalue weighted by Crippen LogP contribution is -2.35. The van der Waals surface area contributed by atoms with Gasteiger partial charge in [-0.25, -0.2) is 8.42 Å². The summed E-state index contributed by atoms with van der Waals surface area (Å²) in [6.45, 7) is 0. The van der Waals surface area contributed by atoms with Crippen LogP contribution in [0.5, 0.6) is 0 Å². The molecule has 0 aliphatic rings.